The van der Waals surface area contributed by atoms with Crippen molar-refractivity contribution in [2.24, 2.45) is 11.8 Å². The van der Waals surface area contributed by atoms with E-state index in [1.807, 2.05) is 0 Å². The Bertz CT molecular complexity index is 744. The van der Waals surface area contributed by atoms with Crippen molar-refractivity contribution in [3.8, 4) is 0 Å². The Morgan fingerprint density at radius 3 is 2.61 bits per heavy atom. The average Bonchev–Trinajstić information content (AvgIpc) is 2.99. The van der Waals surface area contributed by atoms with E-state index in [2.05, 4.69) is 10.6 Å². The normalized spacial score (nSPS) is 26.8. The van der Waals surface area contributed by atoms with E-state index in [1.54, 1.807) is 4.90 Å². The maximum Gasteiger partial charge on any atom is 0.257 e. The van der Waals surface area contributed by atoms with Gasteiger partial charge in [0, 0.05) is 37.7 Å². The van der Waals surface area contributed by atoms with Gasteiger partial charge in [-0.15, -0.1) is 12.4 Å². The van der Waals surface area contributed by atoms with Crippen LogP contribution in [0.3, 0.4) is 0 Å². The molecular formula is C20H26ClF2N3O2. The molecule has 0 aromatic heterocycles. The van der Waals surface area contributed by atoms with Gasteiger partial charge in [0.2, 0.25) is 5.91 Å². The Morgan fingerprint density at radius 2 is 1.93 bits per heavy atom. The molecule has 3 fully saturated rings. The number of carbonyl (C=O) groups excluding carboxylic acids is 2. The van der Waals surface area contributed by atoms with Gasteiger partial charge in [0.05, 0.1) is 5.56 Å². The SMILES string of the molecule is Cl.O=C(NCC1CNC1)C1CC2CCCCC2N1C(=O)c1ccc(F)cc1F. The van der Waals surface area contributed by atoms with Crippen molar-refractivity contribution in [3.63, 3.8) is 0 Å². The first-order valence-electron chi connectivity index (χ1n) is 9.80. The number of amides is 2. The Hall–Kier alpha value is -1.73. The van der Waals surface area contributed by atoms with Crippen molar-refractivity contribution in [2.45, 2.75) is 44.2 Å². The first kappa shape index (κ1) is 21.0. The standard InChI is InChI=1S/C20H25F2N3O2.ClH/c21-14-5-6-15(16(22)8-14)20(27)25-17-4-2-1-3-13(17)7-18(25)19(26)24-11-12-9-23-10-12;/h5-6,8,12-13,17-18,23H,1-4,7,9-11H2,(H,24,26);1H. The summed E-state index contributed by atoms with van der Waals surface area (Å²) in [6.45, 7) is 2.36. The molecule has 28 heavy (non-hydrogen) atoms. The summed E-state index contributed by atoms with van der Waals surface area (Å²) in [5.74, 6) is -1.56. The van der Waals surface area contributed by atoms with Gasteiger partial charge in [-0.2, -0.15) is 0 Å². The number of hydrogen-bond donors (Lipinski definition) is 2. The second-order valence-corrected chi connectivity index (χ2v) is 7.97. The Kier molecular flexibility index (Phi) is 6.55. The zero-order valence-electron chi connectivity index (χ0n) is 15.6. The van der Waals surface area contributed by atoms with Crippen molar-refractivity contribution in [3.05, 3.63) is 35.4 Å². The number of benzene rings is 1. The van der Waals surface area contributed by atoms with Gasteiger partial charge in [0.25, 0.3) is 5.91 Å². The highest BCUT2D eigenvalue weighted by molar-refractivity contribution is 5.98. The lowest BCUT2D eigenvalue weighted by Crippen LogP contribution is -2.53. The van der Waals surface area contributed by atoms with Crippen LogP contribution in [0.15, 0.2) is 18.2 Å². The number of likely N-dealkylation sites (tertiary alicyclic amines) is 1. The maximum atomic E-state index is 14.2. The van der Waals surface area contributed by atoms with E-state index in [9.17, 15) is 18.4 Å². The van der Waals surface area contributed by atoms with Gasteiger partial charge < -0.3 is 15.5 Å². The van der Waals surface area contributed by atoms with Gasteiger partial charge in [-0.3, -0.25) is 9.59 Å². The zero-order chi connectivity index (χ0) is 19.0. The number of rotatable bonds is 4. The fourth-order valence-corrected chi connectivity index (χ4v) is 4.64. The molecule has 4 rings (SSSR count). The predicted octanol–water partition coefficient (Wildman–Crippen LogP) is 2.50. The van der Waals surface area contributed by atoms with E-state index in [1.165, 1.54) is 6.07 Å². The van der Waals surface area contributed by atoms with E-state index >= 15 is 0 Å². The lowest BCUT2D eigenvalue weighted by molar-refractivity contribution is -0.125. The Labute approximate surface area is 169 Å². The van der Waals surface area contributed by atoms with Gasteiger partial charge >= 0.3 is 0 Å². The smallest absolute Gasteiger partial charge is 0.257 e. The van der Waals surface area contributed by atoms with Gasteiger partial charge in [-0.1, -0.05) is 12.8 Å². The molecule has 8 heteroatoms. The fourth-order valence-electron chi connectivity index (χ4n) is 4.64. The van der Waals surface area contributed by atoms with Crippen LogP contribution in [0.2, 0.25) is 0 Å². The number of hydrogen-bond acceptors (Lipinski definition) is 3. The molecule has 2 amide bonds. The van der Waals surface area contributed by atoms with Crippen LogP contribution in [-0.4, -0.2) is 48.4 Å². The van der Waals surface area contributed by atoms with Gasteiger partial charge in [-0.25, -0.2) is 8.78 Å². The van der Waals surface area contributed by atoms with E-state index < -0.39 is 23.6 Å². The van der Waals surface area contributed by atoms with Crippen molar-refractivity contribution in [1.29, 1.82) is 0 Å². The molecule has 2 N–H and O–H groups in total. The number of carbonyl (C=O) groups is 2. The first-order chi connectivity index (χ1) is 13.0. The van der Waals surface area contributed by atoms with Crippen LogP contribution in [0.5, 0.6) is 0 Å². The summed E-state index contributed by atoms with van der Waals surface area (Å²) in [6.07, 6.45) is 4.52. The minimum Gasteiger partial charge on any atom is -0.354 e. The maximum absolute atomic E-state index is 14.2. The van der Waals surface area contributed by atoms with Gasteiger partial charge in [0.15, 0.2) is 0 Å². The summed E-state index contributed by atoms with van der Waals surface area (Å²) < 4.78 is 27.5. The summed E-state index contributed by atoms with van der Waals surface area (Å²) in [6, 6.07) is 2.36. The van der Waals surface area contributed by atoms with Crippen LogP contribution in [0, 0.1) is 23.5 Å². The summed E-state index contributed by atoms with van der Waals surface area (Å²) >= 11 is 0. The third kappa shape index (κ3) is 4.01. The van der Waals surface area contributed by atoms with Crippen molar-refractivity contribution < 1.29 is 18.4 Å². The van der Waals surface area contributed by atoms with Crippen molar-refractivity contribution in [1.82, 2.24) is 15.5 Å². The van der Waals surface area contributed by atoms with Crippen LogP contribution in [0.4, 0.5) is 8.78 Å². The van der Waals surface area contributed by atoms with Gasteiger partial charge in [-0.05, 0) is 37.3 Å². The van der Waals surface area contributed by atoms with Crippen LogP contribution < -0.4 is 10.6 Å². The molecule has 1 aliphatic carbocycles. The molecule has 154 valence electrons. The molecule has 2 heterocycles. The third-order valence-corrected chi connectivity index (χ3v) is 6.22. The molecular weight excluding hydrogens is 388 g/mol. The quantitative estimate of drug-likeness (QED) is 0.797. The molecule has 3 unspecified atom stereocenters. The highest BCUT2D eigenvalue weighted by Crippen LogP contribution is 2.40. The Morgan fingerprint density at radius 1 is 1.18 bits per heavy atom. The second kappa shape index (κ2) is 8.74. The fraction of sp³-hybridized carbons (Fsp3) is 0.600. The summed E-state index contributed by atoms with van der Waals surface area (Å²) in [5, 5.41) is 6.14. The lowest BCUT2D eigenvalue weighted by Gasteiger charge is -2.34. The minimum absolute atomic E-state index is 0. The number of fused-ring (bicyclic) bond motifs is 1. The number of nitrogens with zero attached hydrogens (tertiary/aromatic N) is 1. The van der Waals surface area contributed by atoms with Crippen LogP contribution in [0.25, 0.3) is 0 Å². The lowest BCUT2D eigenvalue weighted by atomic mass is 9.84. The molecule has 2 saturated heterocycles. The minimum atomic E-state index is -0.876. The van der Waals surface area contributed by atoms with Crippen molar-refractivity contribution >= 4 is 24.2 Å². The first-order valence-corrected chi connectivity index (χ1v) is 9.80. The van der Waals surface area contributed by atoms with Gasteiger partial charge in [0.1, 0.15) is 17.7 Å². The van der Waals surface area contributed by atoms with E-state index in [-0.39, 0.29) is 35.8 Å². The molecule has 0 radical (unpaired) electrons. The zero-order valence-corrected chi connectivity index (χ0v) is 16.4. The largest absolute Gasteiger partial charge is 0.354 e. The predicted molar refractivity (Wildman–Crippen MR) is 103 cm³/mol. The van der Waals surface area contributed by atoms with Crippen LogP contribution >= 0.6 is 12.4 Å². The molecule has 3 atom stereocenters. The summed E-state index contributed by atoms with van der Waals surface area (Å²) in [5.41, 5.74) is -0.163. The Balaban J connectivity index is 0.00000225. The molecule has 2 aliphatic heterocycles. The van der Waals surface area contributed by atoms with Crippen LogP contribution in [0.1, 0.15) is 42.5 Å². The third-order valence-electron chi connectivity index (χ3n) is 6.22. The second-order valence-electron chi connectivity index (χ2n) is 7.97. The molecule has 5 nitrogen and oxygen atoms in total. The molecule has 1 aromatic carbocycles. The molecule has 0 spiro atoms. The van der Waals surface area contributed by atoms with Crippen molar-refractivity contribution in [2.75, 3.05) is 19.6 Å². The number of halogens is 3. The molecule has 1 saturated carbocycles. The summed E-state index contributed by atoms with van der Waals surface area (Å²) in [4.78, 5) is 27.5. The van der Waals surface area contributed by atoms with E-state index in [0.29, 0.717) is 18.9 Å². The molecule has 1 aromatic rings. The topological polar surface area (TPSA) is 61.4 Å². The monoisotopic (exact) mass is 413 g/mol. The average molecular weight is 414 g/mol. The van der Waals surface area contributed by atoms with E-state index in [4.69, 9.17) is 0 Å². The van der Waals surface area contributed by atoms with E-state index in [0.717, 1.165) is 50.9 Å². The molecule has 3 aliphatic rings. The van der Waals surface area contributed by atoms with Crippen LogP contribution in [-0.2, 0) is 4.79 Å². The highest BCUT2D eigenvalue weighted by Gasteiger charge is 2.48. The summed E-state index contributed by atoms with van der Waals surface area (Å²) in [7, 11) is 0. The molecule has 0 bridgehead atoms. The number of nitrogens with one attached hydrogen (secondary N) is 2. The highest BCUT2D eigenvalue weighted by atomic mass is 35.5.